The minimum absolute atomic E-state index is 0.199. The standard InChI is InChI=1S/C24H33N6O7P/c1-13(2)36-24(33)15(4)29-38(34,37-16-8-6-5-7-9-16)35-10-17-14(3)19(21(32)20(17)31)30-12-28-18-22(25)26-11-27-23(18)30/h5-9,11-15,17,19-21,31-32H,10H2,1-4H3,(H,29,34)(H2,25,26,27)/t14-,15+,17+,19-,20-,21+,38+/m1/s1. The summed E-state index contributed by atoms with van der Waals surface area (Å²) in [6, 6.07) is 6.72. The molecule has 2 aromatic heterocycles. The molecule has 4 rings (SSSR count). The Morgan fingerprint density at radius 2 is 1.87 bits per heavy atom. The van der Waals surface area contributed by atoms with Crippen LogP contribution >= 0.6 is 7.75 Å². The Kier molecular flexibility index (Phi) is 8.34. The lowest BCUT2D eigenvalue weighted by Crippen LogP contribution is -2.37. The second-order valence-electron chi connectivity index (χ2n) is 9.61. The van der Waals surface area contributed by atoms with Gasteiger partial charge in [-0.15, -0.1) is 0 Å². The number of hydrogen-bond donors (Lipinski definition) is 4. The van der Waals surface area contributed by atoms with Crippen LogP contribution in [0.3, 0.4) is 0 Å². The third-order valence-electron chi connectivity index (χ3n) is 6.52. The van der Waals surface area contributed by atoms with Crippen molar-refractivity contribution in [3.8, 4) is 5.75 Å². The zero-order chi connectivity index (χ0) is 27.6. The van der Waals surface area contributed by atoms with Crippen molar-refractivity contribution < 1.29 is 33.4 Å². The van der Waals surface area contributed by atoms with Crippen molar-refractivity contribution in [2.24, 2.45) is 11.8 Å². The molecule has 7 atom stereocenters. The van der Waals surface area contributed by atoms with Gasteiger partial charge in [-0.1, -0.05) is 25.1 Å². The predicted molar refractivity (Wildman–Crippen MR) is 138 cm³/mol. The van der Waals surface area contributed by atoms with Gasteiger partial charge >= 0.3 is 13.7 Å². The molecule has 13 nitrogen and oxygen atoms in total. The van der Waals surface area contributed by atoms with Gasteiger partial charge in [0.25, 0.3) is 0 Å². The number of nitrogens with one attached hydrogen (secondary N) is 1. The number of fused-ring (bicyclic) bond motifs is 1. The van der Waals surface area contributed by atoms with Crippen molar-refractivity contribution in [2.45, 2.75) is 58.1 Å². The Morgan fingerprint density at radius 3 is 2.55 bits per heavy atom. The maximum atomic E-state index is 13.8. The average Bonchev–Trinajstić information content (AvgIpc) is 3.37. The molecule has 0 spiro atoms. The summed E-state index contributed by atoms with van der Waals surface area (Å²) in [5.74, 6) is -1.20. The molecule has 1 fully saturated rings. The van der Waals surface area contributed by atoms with Crippen LogP contribution in [0.4, 0.5) is 5.82 Å². The van der Waals surface area contributed by atoms with Crippen LogP contribution in [0.15, 0.2) is 43.0 Å². The van der Waals surface area contributed by atoms with Gasteiger partial charge in [0.15, 0.2) is 11.5 Å². The predicted octanol–water partition coefficient (Wildman–Crippen LogP) is 2.07. The normalized spacial score (nSPS) is 25.8. The van der Waals surface area contributed by atoms with Crippen LogP contribution in [-0.2, 0) is 18.6 Å². The van der Waals surface area contributed by atoms with Gasteiger partial charge in [0.05, 0.1) is 31.2 Å². The Bertz CT molecular complexity index is 1310. The Morgan fingerprint density at radius 1 is 1.16 bits per heavy atom. The summed E-state index contributed by atoms with van der Waals surface area (Å²) in [4.78, 5) is 24.8. The number of aromatic nitrogens is 4. The molecule has 1 aliphatic carbocycles. The van der Waals surface area contributed by atoms with Crippen molar-refractivity contribution in [3.63, 3.8) is 0 Å². The highest BCUT2D eigenvalue weighted by atomic mass is 31.2. The Hall–Kier alpha value is -3.09. The zero-order valence-corrected chi connectivity index (χ0v) is 22.4. The molecule has 206 valence electrons. The quantitative estimate of drug-likeness (QED) is 0.214. The molecule has 0 radical (unpaired) electrons. The van der Waals surface area contributed by atoms with E-state index < -0.39 is 43.9 Å². The minimum Gasteiger partial charge on any atom is -0.462 e. The van der Waals surface area contributed by atoms with Gasteiger partial charge in [-0.05, 0) is 38.8 Å². The molecule has 5 N–H and O–H groups in total. The van der Waals surface area contributed by atoms with Gasteiger partial charge in [-0.2, -0.15) is 5.09 Å². The summed E-state index contributed by atoms with van der Waals surface area (Å²) < 4.78 is 32.1. The smallest absolute Gasteiger partial charge is 0.459 e. The molecule has 1 aliphatic rings. The summed E-state index contributed by atoms with van der Waals surface area (Å²) in [5.41, 5.74) is 6.69. The van der Waals surface area contributed by atoms with E-state index in [9.17, 15) is 19.6 Å². The number of rotatable bonds is 10. The van der Waals surface area contributed by atoms with Gasteiger partial charge < -0.3 is 29.8 Å². The molecule has 0 bridgehead atoms. The van der Waals surface area contributed by atoms with E-state index in [4.69, 9.17) is 19.5 Å². The number of anilines is 1. The van der Waals surface area contributed by atoms with Crippen molar-refractivity contribution in [3.05, 3.63) is 43.0 Å². The molecule has 38 heavy (non-hydrogen) atoms. The number of ether oxygens (including phenoxy) is 1. The van der Waals surface area contributed by atoms with Gasteiger partial charge in [0.1, 0.15) is 29.7 Å². The van der Waals surface area contributed by atoms with E-state index in [0.29, 0.717) is 11.2 Å². The third kappa shape index (κ3) is 5.82. The summed E-state index contributed by atoms with van der Waals surface area (Å²) in [5, 5.41) is 24.5. The van der Waals surface area contributed by atoms with E-state index in [1.54, 1.807) is 48.7 Å². The first kappa shape index (κ1) is 27.9. The number of para-hydroxylation sites is 1. The lowest BCUT2D eigenvalue weighted by atomic mass is 9.95. The number of nitrogens with two attached hydrogens (primary N) is 1. The molecule has 2 heterocycles. The van der Waals surface area contributed by atoms with E-state index in [1.165, 1.54) is 19.6 Å². The average molecular weight is 549 g/mol. The number of carbonyl (C=O) groups is 1. The molecule has 1 saturated carbocycles. The number of carbonyl (C=O) groups excluding carboxylic acids is 1. The number of aliphatic hydroxyl groups is 2. The number of esters is 1. The maximum absolute atomic E-state index is 13.8. The first-order chi connectivity index (χ1) is 18.0. The lowest BCUT2D eigenvalue weighted by Gasteiger charge is -2.26. The number of hydrogen-bond acceptors (Lipinski definition) is 11. The number of nitrogen functional groups attached to an aromatic ring is 1. The summed E-state index contributed by atoms with van der Waals surface area (Å²) >= 11 is 0. The monoisotopic (exact) mass is 548 g/mol. The van der Waals surface area contributed by atoms with Gasteiger partial charge in [0, 0.05) is 5.92 Å². The van der Waals surface area contributed by atoms with Crippen molar-refractivity contribution in [2.75, 3.05) is 12.3 Å². The largest absolute Gasteiger partial charge is 0.462 e. The van der Waals surface area contributed by atoms with E-state index >= 15 is 0 Å². The molecule has 0 amide bonds. The van der Waals surface area contributed by atoms with E-state index in [1.807, 2.05) is 6.92 Å². The van der Waals surface area contributed by atoms with Crippen LogP contribution in [0.25, 0.3) is 11.2 Å². The van der Waals surface area contributed by atoms with Gasteiger partial charge in [-0.25, -0.2) is 19.5 Å². The Balaban J connectivity index is 1.54. The van der Waals surface area contributed by atoms with Crippen molar-refractivity contribution in [1.82, 2.24) is 24.6 Å². The minimum atomic E-state index is -4.15. The number of benzene rings is 1. The van der Waals surface area contributed by atoms with E-state index in [-0.39, 0.29) is 30.2 Å². The van der Waals surface area contributed by atoms with Crippen LogP contribution in [0.5, 0.6) is 5.75 Å². The van der Waals surface area contributed by atoms with E-state index in [2.05, 4.69) is 20.0 Å². The lowest BCUT2D eigenvalue weighted by molar-refractivity contribution is -0.149. The van der Waals surface area contributed by atoms with Crippen LogP contribution in [0, 0.1) is 11.8 Å². The van der Waals surface area contributed by atoms with Gasteiger partial charge in [0.2, 0.25) is 0 Å². The molecule has 0 aliphatic heterocycles. The molecular formula is C24H33N6O7P. The number of imidazole rings is 1. The Labute approximate surface area is 219 Å². The van der Waals surface area contributed by atoms with Crippen molar-refractivity contribution in [1.29, 1.82) is 0 Å². The maximum Gasteiger partial charge on any atom is 0.459 e. The number of nitrogens with zero attached hydrogens (tertiary/aromatic N) is 4. The second kappa shape index (κ2) is 11.3. The topological polar surface area (TPSA) is 184 Å². The highest BCUT2D eigenvalue weighted by Gasteiger charge is 2.49. The molecule has 14 heteroatoms. The summed E-state index contributed by atoms with van der Waals surface area (Å²) in [6.45, 7) is 6.47. The second-order valence-corrected chi connectivity index (χ2v) is 11.3. The molecule has 1 aromatic carbocycles. The highest BCUT2D eigenvalue weighted by Crippen LogP contribution is 2.48. The molecule has 0 saturated heterocycles. The molecule has 0 unspecified atom stereocenters. The van der Waals surface area contributed by atoms with Crippen LogP contribution in [0.1, 0.15) is 33.7 Å². The first-order valence-corrected chi connectivity index (χ1v) is 13.8. The summed E-state index contributed by atoms with van der Waals surface area (Å²) in [7, 11) is -4.15. The SMILES string of the molecule is CC(C)OC(=O)[C@H](C)N[P@](=O)(OC[C@H]1[C@@H](C)[C@@H](n2cnc3c(N)ncnc32)[C@H](O)[C@@H]1O)Oc1ccccc1. The van der Waals surface area contributed by atoms with Crippen LogP contribution in [0.2, 0.25) is 0 Å². The fourth-order valence-corrected chi connectivity index (χ4v) is 6.13. The van der Waals surface area contributed by atoms with Crippen LogP contribution in [-0.4, -0.2) is 66.7 Å². The zero-order valence-electron chi connectivity index (χ0n) is 21.5. The summed E-state index contributed by atoms with van der Waals surface area (Å²) in [6.07, 6.45) is 0.000447. The first-order valence-electron chi connectivity index (χ1n) is 12.3. The molecular weight excluding hydrogens is 515 g/mol. The molecule has 3 aromatic rings. The van der Waals surface area contributed by atoms with Crippen molar-refractivity contribution >= 4 is 30.7 Å². The van der Waals surface area contributed by atoms with E-state index in [0.717, 1.165) is 0 Å². The fraction of sp³-hybridized carbons (Fsp3) is 0.500. The van der Waals surface area contributed by atoms with Crippen LogP contribution < -0.4 is 15.3 Å². The van der Waals surface area contributed by atoms with Gasteiger partial charge in [-0.3, -0.25) is 9.32 Å². The third-order valence-corrected chi connectivity index (χ3v) is 8.17. The number of aliphatic hydroxyl groups excluding tert-OH is 2. The fourth-order valence-electron chi connectivity index (χ4n) is 4.61. The highest BCUT2D eigenvalue weighted by molar-refractivity contribution is 7.52.